The Labute approximate surface area is 141 Å². The highest BCUT2D eigenvalue weighted by Crippen LogP contribution is 2.37. The van der Waals surface area contributed by atoms with Crippen molar-refractivity contribution in [2.75, 3.05) is 11.8 Å². The van der Waals surface area contributed by atoms with Crippen molar-refractivity contribution in [2.24, 2.45) is 0 Å². The van der Waals surface area contributed by atoms with Crippen LogP contribution in [0.5, 0.6) is 5.75 Å². The standard InChI is InChI=1S/C13H10BrCl2NO3S/c1-20-10-6-7-11(13(16)12(10)15)21(18,19)17-9-4-2-8(14)3-5-9/h2-7,17H,1H3. The summed E-state index contributed by atoms with van der Waals surface area (Å²) >= 11 is 15.3. The molecule has 0 radical (unpaired) electrons. The monoisotopic (exact) mass is 409 g/mol. The molecule has 0 aliphatic rings. The molecule has 0 fully saturated rings. The van der Waals surface area contributed by atoms with E-state index in [9.17, 15) is 8.42 Å². The summed E-state index contributed by atoms with van der Waals surface area (Å²) in [5.41, 5.74) is 0.418. The van der Waals surface area contributed by atoms with E-state index in [1.54, 1.807) is 24.3 Å². The van der Waals surface area contributed by atoms with E-state index >= 15 is 0 Å². The van der Waals surface area contributed by atoms with E-state index < -0.39 is 10.0 Å². The van der Waals surface area contributed by atoms with Gasteiger partial charge >= 0.3 is 0 Å². The topological polar surface area (TPSA) is 55.4 Å². The normalized spacial score (nSPS) is 11.2. The summed E-state index contributed by atoms with van der Waals surface area (Å²) in [5.74, 6) is 0.309. The number of halogens is 3. The first-order chi connectivity index (χ1) is 9.85. The molecule has 0 amide bonds. The SMILES string of the molecule is COc1ccc(S(=O)(=O)Nc2ccc(Br)cc2)c(Cl)c1Cl. The second-order valence-corrected chi connectivity index (χ2v) is 7.33. The number of hydrogen-bond donors (Lipinski definition) is 1. The fourth-order valence-electron chi connectivity index (χ4n) is 1.61. The molecule has 2 aromatic rings. The lowest BCUT2D eigenvalue weighted by atomic mass is 10.3. The van der Waals surface area contributed by atoms with Crippen LogP contribution in [0.2, 0.25) is 10.0 Å². The maximum atomic E-state index is 12.4. The minimum atomic E-state index is -3.84. The largest absolute Gasteiger partial charge is 0.495 e. The summed E-state index contributed by atoms with van der Waals surface area (Å²) in [4.78, 5) is -0.113. The van der Waals surface area contributed by atoms with Gasteiger partial charge in [-0.3, -0.25) is 4.72 Å². The van der Waals surface area contributed by atoms with Crippen LogP contribution in [0.15, 0.2) is 45.8 Å². The van der Waals surface area contributed by atoms with Gasteiger partial charge in [0.1, 0.15) is 15.7 Å². The van der Waals surface area contributed by atoms with Crippen LogP contribution in [0.3, 0.4) is 0 Å². The Bertz CT molecular complexity index is 764. The van der Waals surface area contributed by atoms with Gasteiger partial charge in [0.25, 0.3) is 10.0 Å². The number of methoxy groups -OCH3 is 1. The van der Waals surface area contributed by atoms with Gasteiger partial charge < -0.3 is 4.74 Å². The lowest BCUT2D eigenvalue weighted by Gasteiger charge is -2.12. The maximum absolute atomic E-state index is 12.4. The molecular formula is C13H10BrCl2NO3S. The highest BCUT2D eigenvalue weighted by molar-refractivity contribution is 9.10. The zero-order chi connectivity index (χ0) is 15.6. The molecule has 0 saturated heterocycles. The number of sulfonamides is 1. The van der Waals surface area contributed by atoms with Crippen molar-refractivity contribution in [1.82, 2.24) is 0 Å². The molecule has 0 heterocycles. The molecule has 2 rings (SSSR count). The summed E-state index contributed by atoms with van der Waals surface area (Å²) in [6.07, 6.45) is 0. The Kier molecular flexibility index (Phi) is 5.03. The number of hydrogen-bond acceptors (Lipinski definition) is 3. The van der Waals surface area contributed by atoms with E-state index in [0.29, 0.717) is 11.4 Å². The van der Waals surface area contributed by atoms with Gasteiger partial charge in [0, 0.05) is 10.2 Å². The van der Waals surface area contributed by atoms with Crippen LogP contribution in [0, 0.1) is 0 Å². The molecule has 0 atom stereocenters. The van der Waals surface area contributed by atoms with E-state index in [2.05, 4.69) is 20.7 Å². The molecule has 1 N–H and O–H groups in total. The van der Waals surface area contributed by atoms with Crippen molar-refractivity contribution >= 4 is 54.8 Å². The number of nitrogens with one attached hydrogen (secondary N) is 1. The van der Waals surface area contributed by atoms with E-state index in [0.717, 1.165) is 4.47 Å². The quantitative estimate of drug-likeness (QED) is 0.803. The number of anilines is 1. The first-order valence-electron chi connectivity index (χ1n) is 5.65. The minimum absolute atomic E-state index is 0.0536. The van der Waals surface area contributed by atoms with Crippen molar-refractivity contribution in [2.45, 2.75) is 4.90 Å². The maximum Gasteiger partial charge on any atom is 0.263 e. The van der Waals surface area contributed by atoms with Gasteiger partial charge in [0.2, 0.25) is 0 Å². The number of ether oxygens (including phenoxy) is 1. The molecule has 2 aromatic carbocycles. The molecule has 0 aromatic heterocycles. The molecule has 8 heteroatoms. The van der Waals surface area contributed by atoms with Gasteiger partial charge in [-0.05, 0) is 36.4 Å². The molecule has 0 unspecified atom stereocenters. The lowest BCUT2D eigenvalue weighted by molar-refractivity contribution is 0.414. The molecule has 112 valence electrons. The summed E-state index contributed by atoms with van der Waals surface area (Å²) in [5, 5.41) is -0.0292. The summed E-state index contributed by atoms with van der Waals surface area (Å²) in [6, 6.07) is 9.49. The molecular weight excluding hydrogens is 401 g/mol. The van der Waals surface area contributed by atoms with Crippen LogP contribution in [0.4, 0.5) is 5.69 Å². The fraction of sp³-hybridized carbons (Fsp3) is 0.0769. The number of rotatable bonds is 4. The Morgan fingerprint density at radius 3 is 2.24 bits per heavy atom. The van der Waals surface area contributed by atoms with Gasteiger partial charge in [0.15, 0.2) is 0 Å². The smallest absolute Gasteiger partial charge is 0.263 e. The van der Waals surface area contributed by atoms with E-state index in [4.69, 9.17) is 27.9 Å². The predicted molar refractivity (Wildman–Crippen MR) is 88.0 cm³/mol. The zero-order valence-corrected chi connectivity index (χ0v) is 14.6. The third kappa shape index (κ3) is 3.63. The van der Waals surface area contributed by atoms with Crippen molar-refractivity contribution in [1.29, 1.82) is 0 Å². The number of benzene rings is 2. The first-order valence-corrected chi connectivity index (χ1v) is 8.69. The van der Waals surface area contributed by atoms with Crippen molar-refractivity contribution < 1.29 is 13.2 Å². The Hall–Kier alpha value is -0.950. The van der Waals surface area contributed by atoms with Crippen LogP contribution < -0.4 is 9.46 Å². The van der Waals surface area contributed by atoms with Gasteiger partial charge in [-0.25, -0.2) is 8.42 Å². The molecule has 21 heavy (non-hydrogen) atoms. The second-order valence-electron chi connectivity index (χ2n) is 4.01. The van der Waals surface area contributed by atoms with Crippen molar-refractivity contribution in [3.8, 4) is 5.75 Å². The lowest BCUT2D eigenvalue weighted by Crippen LogP contribution is -2.13. The Morgan fingerprint density at radius 1 is 1.05 bits per heavy atom. The van der Waals surface area contributed by atoms with Crippen molar-refractivity contribution in [3.63, 3.8) is 0 Å². The Morgan fingerprint density at radius 2 is 1.67 bits per heavy atom. The van der Waals surface area contributed by atoms with Crippen LogP contribution >= 0.6 is 39.1 Å². The average Bonchev–Trinajstić information content (AvgIpc) is 2.44. The van der Waals surface area contributed by atoms with Gasteiger partial charge in [-0.15, -0.1) is 0 Å². The third-order valence-corrected chi connectivity index (χ3v) is 5.55. The molecule has 0 saturated carbocycles. The van der Waals surface area contributed by atoms with Gasteiger partial charge in [-0.2, -0.15) is 0 Å². The molecule has 0 spiro atoms. The van der Waals surface area contributed by atoms with E-state index in [1.165, 1.54) is 19.2 Å². The van der Waals surface area contributed by atoms with Crippen LogP contribution in [0.25, 0.3) is 0 Å². The van der Waals surface area contributed by atoms with Crippen LogP contribution in [-0.2, 0) is 10.0 Å². The van der Waals surface area contributed by atoms with Crippen molar-refractivity contribution in [3.05, 3.63) is 50.9 Å². The summed E-state index contributed by atoms with van der Waals surface area (Å²) < 4.78 is 33.0. The summed E-state index contributed by atoms with van der Waals surface area (Å²) in [6.45, 7) is 0. The second kappa shape index (κ2) is 6.44. The van der Waals surface area contributed by atoms with Gasteiger partial charge in [0.05, 0.1) is 12.1 Å². The predicted octanol–water partition coefficient (Wildman–Crippen LogP) is 4.57. The first kappa shape index (κ1) is 16.4. The zero-order valence-electron chi connectivity index (χ0n) is 10.7. The highest BCUT2D eigenvalue weighted by Gasteiger charge is 2.22. The highest BCUT2D eigenvalue weighted by atomic mass is 79.9. The molecule has 0 aliphatic carbocycles. The van der Waals surface area contributed by atoms with Crippen LogP contribution in [0.1, 0.15) is 0 Å². The van der Waals surface area contributed by atoms with Crippen LogP contribution in [-0.4, -0.2) is 15.5 Å². The van der Waals surface area contributed by atoms with Gasteiger partial charge in [-0.1, -0.05) is 39.1 Å². The fourth-order valence-corrected chi connectivity index (χ4v) is 3.77. The minimum Gasteiger partial charge on any atom is -0.495 e. The average molecular weight is 411 g/mol. The third-order valence-electron chi connectivity index (χ3n) is 2.62. The van der Waals surface area contributed by atoms with E-state index in [1.807, 2.05) is 0 Å². The molecule has 0 aliphatic heterocycles. The molecule has 4 nitrogen and oxygen atoms in total. The molecule has 0 bridgehead atoms. The van der Waals surface area contributed by atoms with E-state index in [-0.39, 0.29) is 14.9 Å². The Balaban J connectivity index is 2.40. The summed E-state index contributed by atoms with van der Waals surface area (Å²) in [7, 11) is -2.42.